The van der Waals surface area contributed by atoms with E-state index in [1.807, 2.05) is 28.8 Å². The fourth-order valence-corrected chi connectivity index (χ4v) is 2.53. The standard InChI is InChI=1S/C14H12FINO2S.Y/c1-17-11(7-6-10(16)14(17)18)13-9(15)4-3-5-12(13)19-8-20-2;/h3-6H,8H2,1-2H3;/q-1;. The van der Waals surface area contributed by atoms with E-state index in [0.29, 0.717) is 21.0 Å². The van der Waals surface area contributed by atoms with Crippen LogP contribution < -0.4 is 10.3 Å². The van der Waals surface area contributed by atoms with Crippen LogP contribution in [-0.2, 0) is 39.8 Å². The van der Waals surface area contributed by atoms with Crippen molar-refractivity contribution in [2.75, 3.05) is 12.2 Å². The molecule has 0 amide bonds. The number of rotatable bonds is 4. The molecule has 2 rings (SSSR count). The Morgan fingerprint density at radius 2 is 2.19 bits per heavy atom. The molecule has 109 valence electrons. The van der Waals surface area contributed by atoms with Gasteiger partial charge in [-0.15, -0.1) is 34.4 Å². The number of ether oxygens (including phenoxy) is 1. The van der Waals surface area contributed by atoms with Gasteiger partial charge in [0.15, 0.2) is 0 Å². The second-order valence-electron chi connectivity index (χ2n) is 4.01. The summed E-state index contributed by atoms with van der Waals surface area (Å²) in [5, 5.41) is 0. The van der Waals surface area contributed by atoms with Crippen LogP contribution in [0.2, 0.25) is 0 Å². The summed E-state index contributed by atoms with van der Waals surface area (Å²) in [5.41, 5.74) is 0.459. The average Bonchev–Trinajstić information content (AvgIpc) is 2.44. The zero-order valence-corrected chi connectivity index (χ0v) is 17.3. The summed E-state index contributed by atoms with van der Waals surface area (Å²) < 4.78 is 21.6. The second-order valence-corrected chi connectivity index (χ2v) is 5.99. The number of nitrogens with zero attached hydrogens (tertiary/aromatic N) is 1. The van der Waals surface area contributed by atoms with Gasteiger partial charge in [0.1, 0.15) is 5.94 Å². The first-order valence-electron chi connectivity index (χ1n) is 5.74. The topological polar surface area (TPSA) is 31.2 Å². The zero-order valence-electron chi connectivity index (χ0n) is 11.5. The molecule has 0 aliphatic heterocycles. The Kier molecular flexibility index (Phi) is 7.88. The Morgan fingerprint density at radius 3 is 2.86 bits per heavy atom. The van der Waals surface area contributed by atoms with Crippen molar-refractivity contribution in [3.63, 3.8) is 0 Å². The minimum atomic E-state index is -0.434. The molecule has 7 heteroatoms. The Labute approximate surface area is 165 Å². The van der Waals surface area contributed by atoms with Crippen LogP contribution >= 0.6 is 34.4 Å². The Hall–Kier alpha value is 0.0839. The van der Waals surface area contributed by atoms with Gasteiger partial charge in [0, 0.05) is 39.8 Å². The van der Waals surface area contributed by atoms with Crippen molar-refractivity contribution in [2.24, 2.45) is 7.05 Å². The van der Waals surface area contributed by atoms with Crippen LogP contribution in [0, 0.1) is 15.5 Å². The Bertz CT molecular complexity index is 693. The van der Waals surface area contributed by atoms with E-state index in [1.54, 1.807) is 25.2 Å². The molecule has 0 atom stereocenters. The number of aromatic nitrogens is 1. The smallest absolute Gasteiger partial charge is 0.207 e. The van der Waals surface area contributed by atoms with Gasteiger partial charge in [-0.1, -0.05) is 11.8 Å². The number of hydrogen-bond acceptors (Lipinski definition) is 3. The van der Waals surface area contributed by atoms with Gasteiger partial charge in [-0.3, -0.25) is 4.79 Å². The van der Waals surface area contributed by atoms with E-state index in [-0.39, 0.29) is 43.8 Å². The Balaban J connectivity index is 0.00000220. The molecule has 3 nitrogen and oxygen atoms in total. The molecule has 0 saturated heterocycles. The number of thioether (sulfide) groups is 1. The predicted molar refractivity (Wildman–Crippen MR) is 87.6 cm³/mol. The third-order valence-electron chi connectivity index (χ3n) is 2.72. The van der Waals surface area contributed by atoms with Gasteiger partial charge in [-0.2, -0.15) is 12.1 Å². The van der Waals surface area contributed by atoms with Crippen LogP contribution in [-0.4, -0.2) is 16.8 Å². The van der Waals surface area contributed by atoms with Crippen molar-refractivity contribution in [3.05, 3.63) is 50.1 Å². The summed E-state index contributed by atoms with van der Waals surface area (Å²) in [6, 6.07) is 9.12. The van der Waals surface area contributed by atoms with Gasteiger partial charge in [-0.25, -0.2) is 4.39 Å². The molecule has 21 heavy (non-hydrogen) atoms. The van der Waals surface area contributed by atoms with Gasteiger partial charge in [0.2, 0.25) is 5.56 Å². The zero-order chi connectivity index (χ0) is 14.7. The van der Waals surface area contributed by atoms with Gasteiger partial charge >= 0.3 is 0 Å². The summed E-state index contributed by atoms with van der Waals surface area (Å²) >= 11 is 3.42. The molecule has 0 spiro atoms. The van der Waals surface area contributed by atoms with Crippen molar-refractivity contribution in [1.29, 1.82) is 0 Å². The monoisotopic (exact) mass is 493 g/mol. The van der Waals surface area contributed by atoms with Crippen molar-refractivity contribution in [2.45, 2.75) is 0 Å². The second kappa shape index (κ2) is 8.65. The summed E-state index contributed by atoms with van der Waals surface area (Å²) in [5.74, 6) is 0.386. The summed E-state index contributed by atoms with van der Waals surface area (Å²) in [4.78, 5) is 12.0. The van der Waals surface area contributed by atoms with E-state index in [9.17, 15) is 9.18 Å². The molecule has 0 unspecified atom stereocenters. The first-order chi connectivity index (χ1) is 9.56. The molecule has 1 aromatic carbocycles. The van der Waals surface area contributed by atoms with Crippen LogP contribution in [0.3, 0.4) is 0 Å². The molecule has 0 aliphatic rings. The fraction of sp³-hybridized carbons (Fsp3) is 0.214. The van der Waals surface area contributed by atoms with Crippen molar-refractivity contribution in [3.8, 4) is 17.0 Å². The van der Waals surface area contributed by atoms with Crippen LogP contribution in [0.15, 0.2) is 29.1 Å². The molecule has 0 N–H and O–H groups in total. The predicted octanol–water partition coefficient (Wildman–Crippen LogP) is 3.29. The van der Waals surface area contributed by atoms with E-state index in [1.165, 1.54) is 22.4 Å². The maximum absolute atomic E-state index is 14.2. The van der Waals surface area contributed by atoms with Gasteiger partial charge in [-0.05, 0) is 27.5 Å². The van der Waals surface area contributed by atoms with Crippen molar-refractivity contribution >= 4 is 34.4 Å². The van der Waals surface area contributed by atoms with Crippen LogP contribution in [0.4, 0.5) is 4.39 Å². The summed E-state index contributed by atoms with van der Waals surface area (Å²) in [6.45, 7) is 0. The molecule has 0 fully saturated rings. The van der Waals surface area contributed by atoms with Gasteiger partial charge in [0.25, 0.3) is 0 Å². The van der Waals surface area contributed by atoms with Gasteiger partial charge < -0.3 is 9.30 Å². The molecule has 0 saturated carbocycles. The largest absolute Gasteiger partial charge is 0.495 e. The number of pyridine rings is 1. The Morgan fingerprint density at radius 1 is 1.48 bits per heavy atom. The molecule has 0 bridgehead atoms. The average molecular weight is 493 g/mol. The summed E-state index contributed by atoms with van der Waals surface area (Å²) in [7, 11) is 1.60. The number of hydrogen-bond donors (Lipinski definition) is 0. The minimum absolute atomic E-state index is 0. The number of benzene rings is 1. The molecule has 2 aromatic rings. The SMILES string of the molecule is CSCOc1cccc(F)c1-c1[c-]cc(I)c(=O)n1C.[Y]. The van der Waals surface area contributed by atoms with Crippen LogP contribution in [0.1, 0.15) is 0 Å². The molecule has 0 aliphatic carbocycles. The minimum Gasteiger partial charge on any atom is -0.495 e. The van der Waals surface area contributed by atoms with Crippen molar-refractivity contribution < 1.29 is 41.8 Å². The third kappa shape index (κ3) is 4.30. The fourth-order valence-electron chi connectivity index (χ4n) is 1.77. The maximum atomic E-state index is 14.2. The molecular formula is C14H12FINO2SY-. The van der Waals surface area contributed by atoms with E-state index in [0.717, 1.165) is 0 Å². The van der Waals surface area contributed by atoms with Crippen LogP contribution in [0.5, 0.6) is 5.75 Å². The first-order valence-corrected chi connectivity index (χ1v) is 8.21. The van der Waals surface area contributed by atoms with E-state index in [2.05, 4.69) is 6.07 Å². The number of halogens is 2. The normalized spacial score (nSPS) is 10.1. The van der Waals surface area contributed by atoms with Gasteiger partial charge in [0.05, 0.1) is 11.6 Å². The molecule has 1 heterocycles. The molecular weight excluding hydrogens is 481 g/mol. The van der Waals surface area contributed by atoms with E-state index >= 15 is 0 Å². The van der Waals surface area contributed by atoms with E-state index < -0.39 is 5.82 Å². The quantitative estimate of drug-likeness (QED) is 0.373. The van der Waals surface area contributed by atoms with E-state index in [4.69, 9.17) is 4.74 Å². The third-order valence-corrected chi connectivity index (χ3v) is 3.85. The molecule has 1 aromatic heterocycles. The van der Waals surface area contributed by atoms with Crippen LogP contribution in [0.25, 0.3) is 11.3 Å². The first kappa shape index (κ1) is 19.1. The molecule has 1 radical (unpaired) electrons. The summed E-state index contributed by atoms with van der Waals surface area (Å²) in [6.07, 6.45) is 1.89. The maximum Gasteiger partial charge on any atom is 0.207 e. The van der Waals surface area contributed by atoms with Crippen molar-refractivity contribution in [1.82, 2.24) is 4.57 Å².